The molecule has 0 aliphatic rings. The number of carbonyl (C=O) groups is 2. The Morgan fingerprint density at radius 2 is 1.62 bits per heavy atom. The van der Waals surface area contributed by atoms with E-state index in [1.54, 1.807) is 0 Å². The van der Waals surface area contributed by atoms with Crippen molar-refractivity contribution in [3.63, 3.8) is 0 Å². The number of halogens is 1. The monoisotopic (exact) mass is 346 g/mol. The van der Waals surface area contributed by atoms with Gasteiger partial charge in [-0.15, -0.1) is 0 Å². The van der Waals surface area contributed by atoms with Gasteiger partial charge in [0.2, 0.25) is 5.91 Å². The highest BCUT2D eigenvalue weighted by molar-refractivity contribution is 6.30. The molecule has 0 saturated heterocycles. The van der Waals surface area contributed by atoms with E-state index in [2.05, 4.69) is 10.1 Å². The van der Waals surface area contributed by atoms with Gasteiger partial charge < -0.3 is 15.8 Å². The highest BCUT2D eigenvalue weighted by Crippen LogP contribution is 2.25. The van der Waals surface area contributed by atoms with Crippen molar-refractivity contribution in [3.05, 3.63) is 59.1 Å². The van der Waals surface area contributed by atoms with Crippen LogP contribution < -0.4 is 11.1 Å². The van der Waals surface area contributed by atoms with Crippen molar-refractivity contribution < 1.29 is 14.3 Å². The first-order valence-electron chi connectivity index (χ1n) is 7.45. The summed E-state index contributed by atoms with van der Waals surface area (Å²) >= 11 is 5.90. The molecule has 24 heavy (non-hydrogen) atoms. The summed E-state index contributed by atoms with van der Waals surface area (Å²) in [4.78, 5) is 23.2. The molecule has 0 heterocycles. The number of methoxy groups -OCH3 is 1. The molecule has 0 bridgehead atoms. The van der Waals surface area contributed by atoms with Crippen LogP contribution in [0.2, 0.25) is 5.02 Å². The highest BCUT2D eigenvalue weighted by Gasteiger charge is 2.18. The van der Waals surface area contributed by atoms with Gasteiger partial charge in [0, 0.05) is 5.02 Å². The van der Waals surface area contributed by atoms with Crippen LogP contribution >= 0.6 is 11.6 Å². The van der Waals surface area contributed by atoms with Crippen LogP contribution in [0.3, 0.4) is 0 Å². The molecular weight excluding hydrogens is 328 g/mol. The van der Waals surface area contributed by atoms with Crippen LogP contribution in [0.4, 0.5) is 0 Å². The summed E-state index contributed by atoms with van der Waals surface area (Å²) < 4.78 is 4.69. The van der Waals surface area contributed by atoms with Gasteiger partial charge in [-0.1, -0.05) is 48.0 Å². The molecule has 2 rings (SSSR count). The average Bonchev–Trinajstić information content (AvgIpc) is 2.61. The summed E-state index contributed by atoms with van der Waals surface area (Å²) in [6.07, 6.45) is 0.0442. The maximum absolute atomic E-state index is 11.6. The molecule has 0 fully saturated rings. The maximum atomic E-state index is 11.6. The number of nitrogens with two attached hydrogens (primary N) is 1. The van der Waals surface area contributed by atoms with Crippen molar-refractivity contribution in [2.45, 2.75) is 12.5 Å². The third-order valence-electron chi connectivity index (χ3n) is 3.61. The fourth-order valence-electron chi connectivity index (χ4n) is 2.31. The van der Waals surface area contributed by atoms with E-state index in [9.17, 15) is 9.59 Å². The molecule has 0 aromatic heterocycles. The summed E-state index contributed by atoms with van der Waals surface area (Å²) in [5.41, 5.74) is 8.18. The van der Waals surface area contributed by atoms with Crippen molar-refractivity contribution >= 4 is 23.5 Å². The third-order valence-corrected chi connectivity index (χ3v) is 3.86. The lowest BCUT2D eigenvalue weighted by atomic mass is 9.99. The Hall–Kier alpha value is -2.37. The molecule has 126 valence electrons. The molecule has 0 spiro atoms. The van der Waals surface area contributed by atoms with E-state index in [4.69, 9.17) is 17.3 Å². The Morgan fingerprint density at radius 3 is 2.12 bits per heavy atom. The number of carbonyl (C=O) groups excluding carboxylic acids is 2. The zero-order valence-electron chi connectivity index (χ0n) is 13.3. The first kappa shape index (κ1) is 18.0. The van der Waals surface area contributed by atoms with Crippen LogP contribution in [0.15, 0.2) is 48.5 Å². The van der Waals surface area contributed by atoms with E-state index in [0.29, 0.717) is 5.02 Å². The molecule has 1 amide bonds. The van der Waals surface area contributed by atoms with Crippen molar-refractivity contribution in [1.82, 2.24) is 5.32 Å². The molecule has 6 heteroatoms. The van der Waals surface area contributed by atoms with E-state index in [1.807, 2.05) is 48.5 Å². The minimum absolute atomic E-state index is 0.0442. The van der Waals surface area contributed by atoms with Gasteiger partial charge in [-0.2, -0.15) is 0 Å². The van der Waals surface area contributed by atoms with Gasteiger partial charge in [0.05, 0.1) is 26.1 Å². The molecule has 3 N–H and O–H groups in total. The number of hydrogen-bond acceptors (Lipinski definition) is 4. The second-order valence-electron chi connectivity index (χ2n) is 5.23. The highest BCUT2D eigenvalue weighted by atomic mass is 35.5. The molecule has 0 saturated carbocycles. The lowest BCUT2D eigenvalue weighted by Crippen LogP contribution is -2.35. The van der Waals surface area contributed by atoms with Gasteiger partial charge in [0.25, 0.3) is 0 Å². The van der Waals surface area contributed by atoms with Gasteiger partial charge >= 0.3 is 5.97 Å². The van der Waals surface area contributed by atoms with Crippen molar-refractivity contribution in [1.29, 1.82) is 0 Å². The number of amides is 1. The van der Waals surface area contributed by atoms with Crippen molar-refractivity contribution in [3.8, 4) is 11.1 Å². The predicted molar refractivity (Wildman–Crippen MR) is 93.5 cm³/mol. The molecule has 2 aromatic rings. The Kier molecular flexibility index (Phi) is 6.35. The molecule has 5 nitrogen and oxygen atoms in total. The Bertz CT molecular complexity index is 681. The van der Waals surface area contributed by atoms with Gasteiger partial charge in [-0.3, -0.25) is 9.59 Å². The Labute approximate surface area is 145 Å². The Morgan fingerprint density at radius 1 is 1.08 bits per heavy atom. The molecule has 1 atom stereocenters. The summed E-state index contributed by atoms with van der Waals surface area (Å²) in [6.45, 7) is -0.138. The minimum atomic E-state index is -0.479. The van der Waals surface area contributed by atoms with Gasteiger partial charge in [-0.25, -0.2) is 0 Å². The van der Waals surface area contributed by atoms with Crippen LogP contribution in [0.25, 0.3) is 11.1 Å². The molecule has 0 aliphatic carbocycles. The number of nitrogens with one attached hydrogen (secondary N) is 1. The Balaban J connectivity index is 2.21. The standard InChI is InChI=1S/C18H19ClN2O3/c1-24-18(23)10-16(21-17(22)11-20)14-4-2-12(3-5-14)13-6-8-15(19)9-7-13/h2-9,16H,10-11,20H2,1H3,(H,21,22). The van der Waals surface area contributed by atoms with Gasteiger partial charge in [-0.05, 0) is 28.8 Å². The lowest BCUT2D eigenvalue weighted by molar-refractivity contribution is -0.141. The lowest BCUT2D eigenvalue weighted by Gasteiger charge is -2.18. The van der Waals surface area contributed by atoms with Crippen LogP contribution in [0.1, 0.15) is 18.0 Å². The molecule has 0 radical (unpaired) electrons. The second kappa shape index (κ2) is 8.47. The topological polar surface area (TPSA) is 81.4 Å². The average molecular weight is 347 g/mol. The quantitative estimate of drug-likeness (QED) is 0.788. The number of rotatable bonds is 6. The van der Waals surface area contributed by atoms with Crippen LogP contribution in [0, 0.1) is 0 Å². The predicted octanol–water partition coefficient (Wildman–Crippen LogP) is 2.69. The number of esters is 1. The first-order chi connectivity index (χ1) is 11.5. The van der Waals surface area contributed by atoms with E-state index >= 15 is 0 Å². The van der Waals surface area contributed by atoms with E-state index in [1.165, 1.54) is 7.11 Å². The van der Waals surface area contributed by atoms with Crippen molar-refractivity contribution in [2.24, 2.45) is 5.73 Å². The summed E-state index contributed by atoms with van der Waals surface area (Å²) in [6, 6.07) is 14.6. The molecule has 1 unspecified atom stereocenters. The zero-order chi connectivity index (χ0) is 17.5. The minimum Gasteiger partial charge on any atom is -0.469 e. The van der Waals surface area contributed by atoms with E-state index < -0.39 is 12.0 Å². The molecular formula is C18H19ClN2O3. The molecule has 2 aromatic carbocycles. The zero-order valence-corrected chi connectivity index (χ0v) is 14.0. The van der Waals surface area contributed by atoms with Gasteiger partial charge in [0.1, 0.15) is 0 Å². The van der Waals surface area contributed by atoms with Crippen LogP contribution in [0.5, 0.6) is 0 Å². The fourth-order valence-corrected chi connectivity index (χ4v) is 2.43. The van der Waals surface area contributed by atoms with Crippen LogP contribution in [-0.2, 0) is 14.3 Å². The van der Waals surface area contributed by atoms with Gasteiger partial charge in [0.15, 0.2) is 0 Å². The molecule has 0 aliphatic heterocycles. The SMILES string of the molecule is COC(=O)CC(NC(=O)CN)c1ccc(-c2ccc(Cl)cc2)cc1. The van der Waals surface area contributed by atoms with E-state index in [0.717, 1.165) is 16.7 Å². The number of benzene rings is 2. The second-order valence-corrected chi connectivity index (χ2v) is 5.67. The normalized spacial score (nSPS) is 11.6. The van der Waals surface area contributed by atoms with E-state index in [-0.39, 0.29) is 18.9 Å². The summed E-state index contributed by atoms with van der Waals surface area (Å²) in [5, 5.41) is 3.41. The first-order valence-corrected chi connectivity index (χ1v) is 7.83. The smallest absolute Gasteiger partial charge is 0.307 e. The number of hydrogen-bond donors (Lipinski definition) is 2. The number of ether oxygens (including phenoxy) is 1. The third kappa shape index (κ3) is 4.81. The summed E-state index contributed by atoms with van der Waals surface area (Å²) in [5.74, 6) is -0.732. The fraction of sp³-hybridized carbons (Fsp3) is 0.222. The summed E-state index contributed by atoms with van der Waals surface area (Å²) in [7, 11) is 1.31. The van der Waals surface area contributed by atoms with Crippen molar-refractivity contribution in [2.75, 3.05) is 13.7 Å². The largest absolute Gasteiger partial charge is 0.469 e. The maximum Gasteiger partial charge on any atom is 0.307 e. The van der Waals surface area contributed by atoms with Crippen LogP contribution in [-0.4, -0.2) is 25.5 Å².